The van der Waals surface area contributed by atoms with Crippen LogP contribution in [0.15, 0.2) is 24.3 Å². The van der Waals surface area contributed by atoms with Crippen molar-refractivity contribution in [2.75, 3.05) is 0 Å². The number of aromatic nitrogens is 2. The molecule has 6 heteroatoms. The number of carbonyl (C=O) groups excluding carboxylic acids is 1. The minimum Gasteiger partial charge on any atom is -0.444 e. The molecule has 1 aliphatic heterocycles. The van der Waals surface area contributed by atoms with Gasteiger partial charge in [-0.05, 0) is 26.3 Å². The summed E-state index contributed by atoms with van der Waals surface area (Å²) in [6.07, 6.45) is -0.308. The Morgan fingerprint density at radius 3 is 2.57 bits per heavy atom. The number of imidazole rings is 1. The fourth-order valence-electron chi connectivity index (χ4n) is 2.53. The van der Waals surface area contributed by atoms with E-state index in [1.54, 1.807) is 4.90 Å². The molecule has 1 aromatic carbocycles. The van der Waals surface area contributed by atoms with Gasteiger partial charge in [-0.15, -0.1) is 0 Å². The predicted molar refractivity (Wildman–Crippen MR) is 87.4 cm³/mol. The van der Waals surface area contributed by atoms with Crippen LogP contribution in [0.1, 0.15) is 37.7 Å². The Bertz CT molecular complexity index is 690. The van der Waals surface area contributed by atoms with Crippen LogP contribution in [0.4, 0.5) is 4.79 Å². The van der Waals surface area contributed by atoms with E-state index in [-0.39, 0.29) is 6.09 Å². The van der Waals surface area contributed by atoms with Crippen LogP contribution in [0.5, 0.6) is 0 Å². The lowest BCUT2D eigenvalue weighted by molar-refractivity contribution is 0.0239. The van der Waals surface area contributed by atoms with Crippen LogP contribution in [0, 0.1) is 0 Å². The van der Waals surface area contributed by atoms with E-state index < -0.39 is 5.60 Å². The second-order valence-electron chi connectivity index (χ2n) is 6.75. The quantitative estimate of drug-likeness (QED) is 0.892. The molecule has 1 aliphatic rings. The van der Waals surface area contributed by atoms with Gasteiger partial charge in [0.25, 0.3) is 0 Å². The van der Waals surface area contributed by atoms with Crippen molar-refractivity contribution in [3.63, 3.8) is 0 Å². The molecule has 122 valence electrons. The largest absolute Gasteiger partial charge is 0.444 e. The highest BCUT2D eigenvalue weighted by atomic mass is 16.6. The summed E-state index contributed by atoms with van der Waals surface area (Å²) in [5.41, 5.74) is 9.09. The third kappa shape index (κ3) is 3.37. The summed E-state index contributed by atoms with van der Waals surface area (Å²) in [5, 5.41) is 0. The molecule has 6 nitrogen and oxygen atoms in total. The molecule has 23 heavy (non-hydrogen) atoms. The molecule has 3 rings (SSSR count). The van der Waals surface area contributed by atoms with Gasteiger partial charge in [0, 0.05) is 12.1 Å². The van der Waals surface area contributed by atoms with Crippen molar-refractivity contribution in [1.82, 2.24) is 14.9 Å². The number of rotatable bonds is 2. The first kappa shape index (κ1) is 15.6. The zero-order chi connectivity index (χ0) is 16.6. The summed E-state index contributed by atoms with van der Waals surface area (Å²) in [7, 11) is 0. The van der Waals surface area contributed by atoms with Crippen LogP contribution in [-0.2, 0) is 24.4 Å². The SMILES string of the molecule is CC(C)(C)OC(=O)N1Cc2nc(-c3ccc(CN)cc3)[nH]c2C1. The van der Waals surface area contributed by atoms with E-state index in [0.717, 1.165) is 28.3 Å². The zero-order valence-corrected chi connectivity index (χ0v) is 13.7. The molecule has 2 aromatic rings. The molecule has 0 spiro atoms. The standard InChI is InChI=1S/C17H22N4O2/c1-17(2,3)23-16(22)21-9-13-14(10-21)20-15(19-13)12-6-4-11(8-18)5-7-12/h4-7H,8-10,18H2,1-3H3,(H,19,20). The average Bonchev–Trinajstić information content (AvgIpc) is 3.04. The van der Waals surface area contributed by atoms with Crippen LogP contribution in [0.25, 0.3) is 11.4 Å². The smallest absolute Gasteiger partial charge is 0.410 e. The van der Waals surface area contributed by atoms with Crippen molar-refractivity contribution < 1.29 is 9.53 Å². The lowest BCUT2D eigenvalue weighted by Gasteiger charge is -2.24. The number of carbonyl (C=O) groups is 1. The van der Waals surface area contributed by atoms with Crippen LogP contribution < -0.4 is 5.73 Å². The van der Waals surface area contributed by atoms with E-state index >= 15 is 0 Å². The number of benzene rings is 1. The second-order valence-corrected chi connectivity index (χ2v) is 6.75. The molecule has 0 fully saturated rings. The summed E-state index contributed by atoms with van der Waals surface area (Å²) >= 11 is 0. The van der Waals surface area contributed by atoms with E-state index in [0.29, 0.717) is 19.6 Å². The van der Waals surface area contributed by atoms with Crippen molar-refractivity contribution in [1.29, 1.82) is 0 Å². The van der Waals surface area contributed by atoms with Gasteiger partial charge >= 0.3 is 6.09 Å². The third-order valence-corrected chi connectivity index (χ3v) is 3.67. The average molecular weight is 314 g/mol. The molecule has 1 amide bonds. The third-order valence-electron chi connectivity index (χ3n) is 3.67. The Kier molecular flexibility index (Phi) is 3.85. The number of nitrogens with one attached hydrogen (secondary N) is 1. The van der Waals surface area contributed by atoms with Crippen LogP contribution in [0.3, 0.4) is 0 Å². The molecule has 1 aromatic heterocycles. The Hall–Kier alpha value is -2.34. The number of nitrogens with two attached hydrogens (primary N) is 1. The van der Waals surface area contributed by atoms with Gasteiger partial charge in [-0.1, -0.05) is 24.3 Å². The van der Waals surface area contributed by atoms with Gasteiger partial charge in [0.15, 0.2) is 0 Å². The van der Waals surface area contributed by atoms with Crippen molar-refractivity contribution in [3.8, 4) is 11.4 Å². The van der Waals surface area contributed by atoms with Gasteiger partial charge in [0.05, 0.1) is 24.5 Å². The Labute approximate surface area is 135 Å². The number of aromatic amines is 1. The highest BCUT2D eigenvalue weighted by Crippen LogP contribution is 2.26. The van der Waals surface area contributed by atoms with Gasteiger partial charge in [-0.2, -0.15) is 0 Å². The van der Waals surface area contributed by atoms with Gasteiger partial charge < -0.3 is 15.5 Å². The van der Waals surface area contributed by atoms with E-state index in [2.05, 4.69) is 9.97 Å². The molecule has 0 bridgehead atoms. The predicted octanol–water partition coefficient (Wildman–Crippen LogP) is 2.79. The highest BCUT2D eigenvalue weighted by molar-refractivity contribution is 5.69. The number of nitrogens with zero attached hydrogens (tertiary/aromatic N) is 2. The summed E-state index contributed by atoms with van der Waals surface area (Å²) < 4.78 is 5.40. The van der Waals surface area contributed by atoms with Gasteiger partial charge in [0.2, 0.25) is 0 Å². The number of H-pyrrole nitrogens is 1. The summed E-state index contributed by atoms with van der Waals surface area (Å²) in [4.78, 5) is 21.7. The highest BCUT2D eigenvalue weighted by Gasteiger charge is 2.30. The molecule has 2 heterocycles. The molecular formula is C17H22N4O2. The molecular weight excluding hydrogens is 292 g/mol. The van der Waals surface area contributed by atoms with Crippen LogP contribution in [-0.4, -0.2) is 26.6 Å². The van der Waals surface area contributed by atoms with E-state index in [1.807, 2.05) is 45.0 Å². The molecule has 3 N–H and O–H groups in total. The fraction of sp³-hybridized carbons (Fsp3) is 0.412. The number of amides is 1. The number of fused-ring (bicyclic) bond motifs is 1. The molecule has 0 unspecified atom stereocenters. The van der Waals surface area contributed by atoms with E-state index in [1.165, 1.54) is 0 Å². The molecule has 0 saturated carbocycles. The maximum atomic E-state index is 12.1. The fourth-order valence-corrected chi connectivity index (χ4v) is 2.53. The van der Waals surface area contributed by atoms with Crippen LogP contribution in [0.2, 0.25) is 0 Å². The summed E-state index contributed by atoms with van der Waals surface area (Å²) in [6.45, 7) is 7.09. The van der Waals surface area contributed by atoms with Crippen molar-refractivity contribution in [2.45, 2.75) is 46.0 Å². The first-order valence-electron chi connectivity index (χ1n) is 7.71. The number of ether oxygens (including phenoxy) is 1. The minimum atomic E-state index is -0.489. The lowest BCUT2D eigenvalue weighted by atomic mass is 10.1. The van der Waals surface area contributed by atoms with E-state index in [4.69, 9.17) is 10.5 Å². The van der Waals surface area contributed by atoms with Crippen molar-refractivity contribution in [3.05, 3.63) is 41.2 Å². The van der Waals surface area contributed by atoms with E-state index in [9.17, 15) is 4.79 Å². The number of hydrogen-bond acceptors (Lipinski definition) is 4. The summed E-state index contributed by atoms with van der Waals surface area (Å²) in [5.74, 6) is 0.822. The van der Waals surface area contributed by atoms with Gasteiger partial charge in [0.1, 0.15) is 11.4 Å². The first-order valence-corrected chi connectivity index (χ1v) is 7.71. The molecule has 0 atom stereocenters. The first-order chi connectivity index (χ1) is 10.9. The van der Waals surface area contributed by atoms with Gasteiger partial charge in [-0.25, -0.2) is 9.78 Å². The van der Waals surface area contributed by atoms with Crippen molar-refractivity contribution >= 4 is 6.09 Å². The zero-order valence-electron chi connectivity index (χ0n) is 13.7. The topological polar surface area (TPSA) is 84.2 Å². The van der Waals surface area contributed by atoms with Crippen molar-refractivity contribution in [2.24, 2.45) is 5.73 Å². The maximum absolute atomic E-state index is 12.1. The maximum Gasteiger partial charge on any atom is 0.410 e. The summed E-state index contributed by atoms with van der Waals surface area (Å²) in [6, 6.07) is 8.00. The van der Waals surface area contributed by atoms with Crippen LogP contribution >= 0.6 is 0 Å². The normalized spacial score (nSPS) is 14.0. The monoisotopic (exact) mass is 314 g/mol. The lowest BCUT2D eigenvalue weighted by Crippen LogP contribution is -2.33. The molecule has 0 saturated heterocycles. The van der Waals surface area contributed by atoms with Gasteiger partial charge in [-0.3, -0.25) is 4.90 Å². The second kappa shape index (κ2) is 5.70. The Balaban J connectivity index is 1.71. The Morgan fingerprint density at radius 1 is 1.30 bits per heavy atom. The Morgan fingerprint density at radius 2 is 2.00 bits per heavy atom. The minimum absolute atomic E-state index is 0.308. The number of hydrogen-bond donors (Lipinski definition) is 2. The molecule has 0 aliphatic carbocycles. The molecule has 0 radical (unpaired) electrons.